The van der Waals surface area contributed by atoms with Crippen molar-refractivity contribution in [2.75, 3.05) is 5.32 Å². The number of anilines is 1. The second-order valence-electron chi connectivity index (χ2n) is 5.81. The summed E-state index contributed by atoms with van der Waals surface area (Å²) >= 11 is 11.2. The lowest BCUT2D eigenvalue weighted by Crippen LogP contribution is -2.33. The first-order chi connectivity index (χ1) is 13.4. The molecular formula is C20H16ClN3O3S. The Kier molecular flexibility index (Phi) is 6.08. The van der Waals surface area contributed by atoms with Crippen molar-refractivity contribution in [3.63, 3.8) is 0 Å². The van der Waals surface area contributed by atoms with E-state index >= 15 is 0 Å². The fraction of sp³-hybridized carbons (Fsp3) is 0.0500. The fourth-order valence-corrected chi connectivity index (χ4v) is 2.66. The van der Waals surface area contributed by atoms with Crippen LogP contribution in [0.1, 0.15) is 11.3 Å². The molecule has 2 heterocycles. The molecule has 28 heavy (non-hydrogen) atoms. The van der Waals surface area contributed by atoms with E-state index in [4.69, 9.17) is 28.2 Å². The van der Waals surface area contributed by atoms with E-state index in [1.54, 1.807) is 18.2 Å². The topological polar surface area (TPSA) is 87.4 Å². The van der Waals surface area contributed by atoms with Gasteiger partial charge in [-0.2, -0.15) is 0 Å². The number of nitrogens with one attached hydrogen (secondary N) is 2. The Morgan fingerprint density at radius 3 is 2.86 bits per heavy atom. The van der Waals surface area contributed by atoms with Crippen LogP contribution in [-0.4, -0.2) is 21.1 Å². The number of hydrogen-bond donors (Lipinski definition) is 3. The summed E-state index contributed by atoms with van der Waals surface area (Å²) in [7, 11) is 0. The number of aryl methyl sites for hydroxylation is 1. The summed E-state index contributed by atoms with van der Waals surface area (Å²) in [6.45, 7) is 1.93. The van der Waals surface area contributed by atoms with Gasteiger partial charge in [-0.3, -0.25) is 10.1 Å². The molecule has 0 saturated heterocycles. The highest BCUT2D eigenvalue weighted by Gasteiger charge is 2.07. The van der Waals surface area contributed by atoms with Gasteiger partial charge in [0.1, 0.15) is 11.5 Å². The molecule has 0 aliphatic carbocycles. The summed E-state index contributed by atoms with van der Waals surface area (Å²) in [5.74, 6) is 0.773. The first kappa shape index (κ1) is 19.6. The van der Waals surface area contributed by atoms with E-state index in [1.807, 2.05) is 25.1 Å². The van der Waals surface area contributed by atoms with Gasteiger partial charge in [-0.15, -0.1) is 0 Å². The number of halogens is 1. The van der Waals surface area contributed by atoms with Crippen molar-refractivity contribution in [2.24, 2.45) is 0 Å². The maximum absolute atomic E-state index is 12.0. The standard InChI is InChI=1S/C20H16ClN3O3S/c1-12-4-5-13(11-15(12)21)17-8-6-14(27-17)7-9-18(26)23-20(28)24-19-16(25)3-2-10-22-19/h2-11,25H,1H3,(H2,22,23,24,26,28)/b9-7+. The molecule has 8 heteroatoms. The number of hydrogen-bond acceptors (Lipinski definition) is 5. The zero-order valence-electron chi connectivity index (χ0n) is 14.8. The van der Waals surface area contributed by atoms with Gasteiger partial charge in [0.25, 0.3) is 0 Å². The van der Waals surface area contributed by atoms with E-state index in [-0.39, 0.29) is 16.7 Å². The number of nitrogens with zero attached hydrogens (tertiary/aromatic N) is 1. The predicted octanol–water partition coefficient (Wildman–Crippen LogP) is 4.54. The van der Waals surface area contributed by atoms with Crippen molar-refractivity contribution in [3.05, 3.63) is 71.1 Å². The van der Waals surface area contributed by atoms with E-state index in [0.717, 1.165) is 11.1 Å². The van der Waals surface area contributed by atoms with E-state index in [9.17, 15) is 9.90 Å². The third-order valence-electron chi connectivity index (χ3n) is 3.74. The fourth-order valence-electron chi connectivity index (χ4n) is 2.29. The van der Waals surface area contributed by atoms with Gasteiger partial charge in [0.2, 0.25) is 5.91 Å². The Labute approximate surface area is 171 Å². The van der Waals surface area contributed by atoms with Crippen molar-refractivity contribution in [1.29, 1.82) is 0 Å². The number of amides is 1. The maximum Gasteiger partial charge on any atom is 0.250 e. The summed E-state index contributed by atoms with van der Waals surface area (Å²) in [5, 5.41) is 15.4. The smallest absolute Gasteiger partial charge is 0.250 e. The van der Waals surface area contributed by atoms with E-state index < -0.39 is 5.91 Å². The van der Waals surface area contributed by atoms with Gasteiger partial charge < -0.3 is 14.8 Å². The van der Waals surface area contributed by atoms with Gasteiger partial charge in [-0.1, -0.05) is 23.7 Å². The molecule has 3 aromatic rings. The Morgan fingerprint density at radius 2 is 2.11 bits per heavy atom. The minimum Gasteiger partial charge on any atom is -0.504 e. The normalized spacial score (nSPS) is 10.8. The number of furan rings is 1. The molecule has 0 atom stereocenters. The van der Waals surface area contributed by atoms with Crippen molar-refractivity contribution in [1.82, 2.24) is 10.3 Å². The number of rotatable bonds is 4. The van der Waals surface area contributed by atoms with E-state index in [0.29, 0.717) is 16.5 Å². The van der Waals surface area contributed by atoms with Crippen LogP contribution in [0, 0.1) is 6.92 Å². The van der Waals surface area contributed by atoms with Gasteiger partial charge in [0.15, 0.2) is 16.7 Å². The summed E-state index contributed by atoms with van der Waals surface area (Å²) in [6.07, 6.45) is 4.30. The molecule has 0 bridgehead atoms. The highest BCUT2D eigenvalue weighted by Crippen LogP contribution is 2.27. The van der Waals surface area contributed by atoms with Gasteiger partial charge in [0, 0.05) is 22.9 Å². The molecule has 142 valence electrons. The largest absolute Gasteiger partial charge is 0.504 e. The maximum atomic E-state index is 12.0. The van der Waals surface area contributed by atoms with E-state index in [1.165, 1.54) is 24.4 Å². The minimum absolute atomic E-state index is 0.0121. The van der Waals surface area contributed by atoms with Crippen LogP contribution in [0.15, 0.2) is 59.2 Å². The molecule has 1 amide bonds. The molecular weight excluding hydrogens is 398 g/mol. The van der Waals surface area contributed by atoms with Gasteiger partial charge >= 0.3 is 0 Å². The first-order valence-corrected chi connectivity index (χ1v) is 9.01. The lowest BCUT2D eigenvalue weighted by Gasteiger charge is -2.08. The van der Waals surface area contributed by atoms with Crippen molar-refractivity contribution in [2.45, 2.75) is 6.92 Å². The van der Waals surface area contributed by atoms with Crippen molar-refractivity contribution >= 4 is 46.7 Å². The number of benzene rings is 1. The average Bonchev–Trinajstić information content (AvgIpc) is 3.13. The molecule has 0 saturated carbocycles. The lowest BCUT2D eigenvalue weighted by atomic mass is 10.1. The molecule has 0 unspecified atom stereocenters. The summed E-state index contributed by atoms with van der Waals surface area (Å²) in [6, 6.07) is 12.2. The minimum atomic E-state index is -0.454. The number of aromatic nitrogens is 1. The van der Waals surface area contributed by atoms with Gasteiger partial charge in [-0.05, 0) is 61.1 Å². The van der Waals surface area contributed by atoms with Crippen LogP contribution in [-0.2, 0) is 4.79 Å². The summed E-state index contributed by atoms with van der Waals surface area (Å²) in [5.41, 5.74) is 1.83. The number of pyridine rings is 1. The zero-order valence-corrected chi connectivity index (χ0v) is 16.3. The lowest BCUT2D eigenvalue weighted by molar-refractivity contribution is -0.115. The number of thiocarbonyl (C=S) groups is 1. The number of carbonyl (C=O) groups is 1. The second-order valence-corrected chi connectivity index (χ2v) is 6.63. The van der Waals surface area contributed by atoms with Crippen LogP contribution in [0.3, 0.4) is 0 Å². The highest BCUT2D eigenvalue weighted by molar-refractivity contribution is 7.80. The highest BCUT2D eigenvalue weighted by atomic mass is 35.5. The van der Waals surface area contributed by atoms with Crippen molar-refractivity contribution in [3.8, 4) is 17.1 Å². The molecule has 0 radical (unpaired) electrons. The predicted molar refractivity (Wildman–Crippen MR) is 113 cm³/mol. The third-order valence-corrected chi connectivity index (χ3v) is 4.35. The molecule has 3 N–H and O–H groups in total. The molecule has 0 aliphatic rings. The molecule has 1 aromatic carbocycles. The van der Waals surface area contributed by atoms with Gasteiger partial charge in [-0.25, -0.2) is 4.98 Å². The summed E-state index contributed by atoms with van der Waals surface area (Å²) in [4.78, 5) is 15.9. The number of aromatic hydroxyl groups is 1. The Morgan fingerprint density at radius 1 is 1.29 bits per heavy atom. The molecule has 0 aliphatic heterocycles. The quantitative estimate of drug-likeness (QED) is 0.430. The van der Waals surface area contributed by atoms with Crippen LogP contribution in [0.25, 0.3) is 17.4 Å². The van der Waals surface area contributed by atoms with Crippen LogP contribution in [0.4, 0.5) is 5.82 Å². The first-order valence-electron chi connectivity index (χ1n) is 8.23. The number of carbonyl (C=O) groups excluding carboxylic acids is 1. The van der Waals surface area contributed by atoms with Crippen LogP contribution in [0.5, 0.6) is 5.75 Å². The Balaban J connectivity index is 1.60. The molecule has 3 rings (SSSR count). The molecule has 0 spiro atoms. The third kappa shape index (κ3) is 4.97. The Hall–Kier alpha value is -3.16. The Bertz CT molecular complexity index is 1060. The molecule has 0 fully saturated rings. The second kappa shape index (κ2) is 8.69. The SMILES string of the molecule is Cc1ccc(-c2ccc(/C=C/C(=O)NC(=S)Nc3ncccc3O)o2)cc1Cl. The zero-order chi connectivity index (χ0) is 20.1. The molecule has 2 aromatic heterocycles. The molecule has 6 nitrogen and oxygen atoms in total. The van der Waals surface area contributed by atoms with Crippen LogP contribution < -0.4 is 10.6 Å². The van der Waals surface area contributed by atoms with E-state index in [2.05, 4.69) is 15.6 Å². The summed E-state index contributed by atoms with van der Waals surface area (Å²) < 4.78 is 5.71. The van der Waals surface area contributed by atoms with Crippen LogP contribution in [0.2, 0.25) is 5.02 Å². The average molecular weight is 414 g/mol. The van der Waals surface area contributed by atoms with Crippen LogP contribution >= 0.6 is 23.8 Å². The van der Waals surface area contributed by atoms with Crippen molar-refractivity contribution < 1.29 is 14.3 Å². The van der Waals surface area contributed by atoms with Gasteiger partial charge in [0.05, 0.1) is 0 Å². The monoisotopic (exact) mass is 413 g/mol.